The lowest BCUT2D eigenvalue weighted by Gasteiger charge is -2.24. The van der Waals surface area contributed by atoms with Gasteiger partial charge < -0.3 is 9.88 Å². The molecule has 2 aromatic carbocycles. The third-order valence-corrected chi connectivity index (χ3v) is 4.51. The van der Waals surface area contributed by atoms with Gasteiger partial charge in [0.25, 0.3) is 0 Å². The number of para-hydroxylation sites is 1. The van der Waals surface area contributed by atoms with Crippen LogP contribution in [0.1, 0.15) is 16.8 Å². The van der Waals surface area contributed by atoms with Gasteiger partial charge >= 0.3 is 0 Å². The summed E-state index contributed by atoms with van der Waals surface area (Å²) in [6.07, 6.45) is 0.964. The van der Waals surface area contributed by atoms with E-state index in [4.69, 9.17) is 0 Å². The van der Waals surface area contributed by atoms with Crippen molar-refractivity contribution in [1.82, 2.24) is 4.98 Å². The fourth-order valence-electron chi connectivity index (χ4n) is 3.43. The molecule has 2 heterocycles. The third-order valence-electron chi connectivity index (χ3n) is 4.51. The molecule has 112 valence electrons. The van der Waals surface area contributed by atoms with E-state index in [0.29, 0.717) is 12.1 Å². The van der Waals surface area contributed by atoms with Gasteiger partial charge in [0.2, 0.25) is 0 Å². The van der Waals surface area contributed by atoms with Gasteiger partial charge in [-0.2, -0.15) is 0 Å². The molecular weight excluding hydrogens is 282 g/mol. The van der Waals surface area contributed by atoms with Crippen molar-refractivity contribution in [3.05, 3.63) is 70.9 Å². The van der Waals surface area contributed by atoms with Crippen molar-refractivity contribution in [3.8, 4) is 0 Å². The van der Waals surface area contributed by atoms with Crippen LogP contribution < -0.4 is 4.90 Å². The molecule has 0 saturated heterocycles. The number of aromatic amines is 1. The molecule has 0 spiro atoms. The first-order chi connectivity index (χ1) is 10.7. The van der Waals surface area contributed by atoms with Crippen LogP contribution in [0.15, 0.2) is 42.5 Å². The Kier molecular flexibility index (Phi) is 3.19. The highest BCUT2D eigenvalue weighted by Crippen LogP contribution is 2.23. The van der Waals surface area contributed by atoms with Crippen LogP contribution in [-0.2, 0) is 19.5 Å². The number of nitrogens with one attached hydrogen (secondary N) is 2. The summed E-state index contributed by atoms with van der Waals surface area (Å²) in [5, 5.41) is 1.29. The average Bonchev–Trinajstić information content (AvgIpc) is 2.88. The van der Waals surface area contributed by atoms with Crippen LogP contribution in [0.25, 0.3) is 10.9 Å². The van der Waals surface area contributed by atoms with E-state index in [9.17, 15) is 8.78 Å². The van der Waals surface area contributed by atoms with E-state index in [1.165, 1.54) is 39.7 Å². The summed E-state index contributed by atoms with van der Waals surface area (Å²) in [5.74, 6) is -0.699. The first-order valence-electron chi connectivity index (χ1n) is 7.56. The minimum atomic E-state index is -0.376. The Balaban J connectivity index is 1.60. The standard InChI is InChI=1S/C18H16F2N2/c19-13-5-6-16(20)12(9-13)10-22-8-7-15-14-3-1-2-4-17(14)21-18(15)11-22/h1-6,9,21H,7-8,10-11H2/p+1. The van der Waals surface area contributed by atoms with Crippen LogP contribution in [0.3, 0.4) is 0 Å². The van der Waals surface area contributed by atoms with Crippen molar-refractivity contribution >= 4 is 10.9 Å². The first kappa shape index (κ1) is 13.5. The largest absolute Gasteiger partial charge is 0.354 e. The second-order valence-electron chi connectivity index (χ2n) is 5.97. The second-order valence-corrected chi connectivity index (χ2v) is 5.97. The first-order valence-corrected chi connectivity index (χ1v) is 7.56. The highest BCUT2D eigenvalue weighted by atomic mass is 19.1. The molecular formula is C18H17F2N2+. The second kappa shape index (κ2) is 5.21. The minimum absolute atomic E-state index is 0.323. The molecule has 22 heavy (non-hydrogen) atoms. The summed E-state index contributed by atoms with van der Waals surface area (Å²) in [4.78, 5) is 4.72. The Morgan fingerprint density at radius 3 is 2.86 bits per heavy atom. The van der Waals surface area contributed by atoms with Crippen molar-refractivity contribution in [2.24, 2.45) is 0 Å². The van der Waals surface area contributed by atoms with E-state index in [1.54, 1.807) is 0 Å². The third kappa shape index (κ3) is 2.29. The molecule has 1 unspecified atom stereocenters. The fourth-order valence-corrected chi connectivity index (χ4v) is 3.43. The fraction of sp³-hybridized carbons (Fsp3) is 0.222. The lowest BCUT2D eigenvalue weighted by Crippen LogP contribution is -3.10. The summed E-state index contributed by atoms with van der Waals surface area (Å²) < 4.78 is 27.1. The molecule has 0 aliphatic carbocycles. The minimum Gasteiger partial charge on any atom is -0.354 e. The Hall–Kier alpha value is -2.20. The van der Waals surface area contributed by atoms with Gasteiger partial charge in [0, 0.05) is 22.9 Å². The predicted molar refractivity (Wildman–Crippen MR) is 81.6 cm³/mol. The van der Waals surface area contributed by atoms with Crippen LogP contribution in [0, 0.1) is 11.6 Å². The van der Waals surface area contributed by atoms with Gasteiger partial charge in [-0.25, -0.2) is 8.78 Å². The highest BCUT2D eigenvalue weighted by Gasteiger charge is 2.24. The zero-order chi connectivity index (χ0) is 15.1. The van der Waals surface area contributed by atoms with Gasteiger partial charge in [0.05, 0.1) is 12.2 Å². The van der Waals surface area contributed by atoms with Gasteiger partial charge in [0.15, 0.2) is 0 Å². The number of quaternary nitrogens is 1. The lowest BCUT2D eigenvalue weighted by molar-refractivity contribution is -0.929. The number of fused-ring (bicyclic) bond motifs is 3. The molecule has 1 aliphatic heterocycles. The normalized spacial score (nSPS) is 17.6. The number of rotatable bonds is 2. The van der Waals surface area contributed by atoms with Crippen LogP contribution in [0.4, 0.5) is 8.78 Å². The Morgan fingerprint density at radius 2 is 1.95 bits per heavy atom. The van der Waals surface area contributed by atoms with E-state index < -0.39 is 0 Å². The van der Waals surface area contributed by atoms with Gasteiger partial charge in [-0.05, 0) is 29.8 Å². The maximum Gasteiger partial charge on any atom is 0.132 e. The van der Waals surface area contributed by atoms with Crippen molar-refractivity contribution in [2.75, 3.05) is 6.54 Å². The summed E-state index contributed by atoms with van der Waals surface area (Å²) in [6, 6.07) is 12.0. The average molecular weight is 299 g/mol. The summed E-state index contributed by atoms with van der Waals surface area (Å²) >= 11 is 0. The van der Waals surface area contributed by atoms with E-state index in [0.717, 1.165) is 25.0 Å². The SMILES string of the molecule is Fc1ccc(F)c(C[NH+]2CCc3c([nH]c4ccccc34)C2)c1. The molecule has 1 atom stereocenters. The highest BCUT2D eigenvalue weighted by molar-refractivity contribution is 5.84. The maximum absolute atomic E-state index is 13.8. The quantitative estimate of drug-likeness (QED) is 0.725. The molecule has 0 bridgehead atoms. The van der Waals surface area contributed by atoms with Crippen LogP contribution in [0.2, 0.25) is 0 Å². The molecule has 4 rings (SSSR count). The Morgan fingerprint density at radius 1 is 1.09 bits per heavy atom. The van der Waals surface area contributed by atoms with Gasteiger partial charge in [-0.1, -0.05) is 18.2 Å². The predicted octanol–water partition coefficient (Wildman–Crippen LogP) is 2.59. The van der Waals surface area contributed by atoms with E-state index in [-0.39, 0.29) is 11.6 Å². The number of H-pyrrole nitrogens is 1. The molecule has 2 nitrogen and oxygen atoms in total. The monoisotopic (exact) mass is 299 g/mol. The molecule has 1 aromatic heterocycles. The summed E-state index contributed by atoms with van der Waals surface area (Å²) in [6.45, 7) is 2.27. The molecule has 0 radical (unpaired) electrons. The molecule has 0 amide bonds. The van der Waals surface area contributed by atoms with E-state index in [1.807, 2.05) is 6.07 Å². The lowest BCUT2D eigenvalue weighted by atomic mass is 10.0. The van der Waals surface area contributed by atoms with E-state index in [2.05, 4.69) is 23.2 Å². The number of benzene rings is 2. The number of hydrogen-bond donors (Lipinski definition) is 2. The van der Waals surface area contributed by atoms with Gasteiger partial charge in [-0.3, -0.25) is 0 Å². The number of halogens is 2. The van der Waals surface area contributed by atoms with Crippen LogP contribution in [-0.4, -0.2) is 11.5 Å². The van der Waals surface area contributed by atoms with Gasteiger partial charge in [-0.15, -0.1) is 0 Å². The zero-order valence-electron chi connectivity index (χ0n) is 12.1. The number of hydrogen-bond acceptors (Lipinski definition) is 0. The van der Waals surface area contributed by atoms with Gasteiger partial charge in [0.1, 0.15) is 24.7 Å². The van der Waals surface area contributed by atoms with Crippen molar-refractivity contribution in [3.63, 3.8) is 0 Å². The molecule has 0 fully saturated rings. The van der Waals surface area contributed by atoms with Crippen LogP contribution in [0.5, 0.6) is 0 Å². The molecule has 0 saturated carbocycles. The topological polar surface area (TPSA) is 20.2 Å². The summed E-state index contributed by atoms with van der Waals surface area (Å²) in [7, 11) is 0. The molecule has 2 N–H and O–H groups in total. The van der Waals surface area contributed by atoms with Crippen LogP contribution >= 0.6 is 0 Å². The number of aromatic nitrogens is 1. The molecule has 1 aliphatic rings. The van der Waals surface area contributed by atoms with Crippen molar-refractivity contribution in [2.45, 2.75) is 19.5 Å². The van der Waals surface area contributed by atoms with E-state index >= 15 is 0 Å². The molecule has 3 aromatic rings. The maximum atomic E-state index is 13.8. The zero-order valence-corrected chi connectivity index (χ0v) is 12.1. The van der Waals surface area contributed by atoms with Crippen molar-refractivity contribution in [1.29, 1.82) is 0 Å². The summed E-state index contributed by atoms with van der Waals surface area (Å²) in [5.41, 5.74) is 4.21. The molecule has 4 heteroatoms. The smallest absolute Gasteiger partial charge is 0.132 e. The van der Waals surface area contributed by atoms with Crippen molar-refractivity contribution < 1.29 is 13.7 Å². The Bertz CT molecular complexity index is 838. The Labute approximate surface area is 127 Å².